The highest BCUT2D eigenvalue weighted by atomic mass is 35.5. The highest BCUT2D eigenvalue weighted by Crippen LogP contribution is 2.15. The highest BCUT2D eigenvalue weighted by molar-refractivity contribution is 6.35. The first-order chi connectivity index (χ1) is 14.9. The average Bonchev–Trinajstić information content (AvgIpc) is 2.75. The molecule has 10 heteroatoms. The van der Waals surface area contributed by atoms with Crippen LogP contribution in [0.25, 0.3) is 0 Å². The maximum atomic E-state index is 12.5. The standard InChI is InChI=1S/C21H27ClN4O5/c1-2-31-21(30)24-9-7-17(8-10-24)23-18(27)14-26-12-11-25(19(28)20(26)29)13-15-3-5-16(22)6-4-15/h3-6,17H,2,7-14H2,1H3,(H,23,27). The van der Waals surface area contributed by atoms with Gasteiger partial charge in [-0.1, -0.05) is 23.7 Å². The lowest BCUT2D eigenvalue weighted by atomic mass is 10.1. The minimum absolute atomic E-state index is 0.0739. The van der Waals surface area contributed by atoms with Crippen LogP contribution in [0.3, 0.4) is 0 Å². The molecule has 3 rings (SSSR count). The van der Waals surface area contributed by atoms with Crippen molar-refractivity contribution >= 4 is 35.4 Å². The van der Waals surface area contributed by atoms with Crippen LogP contribution in [-0.2, 0) is 25.7 Å². The van der Waals surface area contributed by atoms with E-state index < -0.39 is 11.8 Å². The lowest BCUT2D eigenvalue weighted by Gasteiger charge is -2.34. The van der Waals surface area contributed by atoms with E-state index in [1.165, 1.54) is 9.80 Å². The largest absolute Gasteiger partial charge is 0.450 e. The quantitative estimate of drug-likeness (QED) is 0.657. The molecule has 2 heterocycles. The summed E-state index contributed by atoms with van der Waals surface area (Å²) < 4.78 is 4.99. The Bertz CT molecular complexity index is 824. The smallest absolute Gasteiger partial charge is 0.409 e. The molecule has 0 radical (unpaired) electrons. The lowest BCUT2D eigenvalue weighted by Crippen LogP contribution is -2.56. The minimum atomic E-state index is -0.674. The van der Waals surface area contributed by atoms with Gasteiger partial charge in [-0.3, -0.25) is 14.4 Å². The van der Waals surface area contributed by atoms with Gasteiger partial charge in [0.2, 0.25) is 5.91 Å². The number of ether oxygens (including phenoxy) is 1. The number of amides is 4. The van der Waals surface area contributed by atoms with Crippen LogP contribution < -0.4 is 5.32 Å². The number of halogens is 1. The zero-order valence-corrected chi connectivity index (χ0v) is 18.3. The molecule has 168 valence electrons. The van der Waals surface area contributed by atoms with Gasteiger partial charge >= 0.3 is 17.9 Å². The Morgan fingerprint density at radius 3 is 2.29 bits per heavy atom. The fourth-order valence-corrected chi connectivity index (χ4v) is 3.82. The van der Waals surface area contributed by atoms with Gasteiger partial charge in [0.1, 0.15) is 6.54 Å². The van der Waals surface area contributed by atoms with E-state index in [1.54, 1.807) is 24.0 Å². The van der Waals surface area contributed by atoms with Gasteiger partial charge in [0.15, 0.2) is 0 Å². The fourth-order valence-electron chi connectivity index (χ4n) is 3.69. The first kappa shape index (κ1) is 22.9. The second kappa shape index (κ2) is 10.5. The molecule has 0 aromatic heterocycles. The lowest BCUT2D eigenvalue weighted by molar-refractivity contribution is -0.157. The van der Waals surface area contributed by atoms with E-state index in [0.29, 0.717) is 57.2 Å². The molecule has 2 aliphatic heterocycles. The summed E-state index contributed by atoms with van der Waals surface area (Å²) in [6.45, 7) is 3.92. The summed E-state index contributed by atoms with van der Waals surface area (Å²) in [5.41, 5.74) is 0.880. The number of rotatable bonds is 6. The Balaban J connectivity index is 1.44. The van der Waals surface area contributed by atoms with Crippen LogP contribution >= 0.6 is 11.6 Å². The molecule has 9 nitrogen and oxygen atoms in total. The van der Waals surface area contributed by atoms with Crippen LogP contribution in [0.1, 0.15) is 25.3 Å². The maximum absolute atomic E-state index is 12.5. The summed E-state index contributed by atoms with van der Waals surface area (Å²) in [6, 6.07) is 7.03. The zero-order chi connectivity index (χ0) is 22.4. The Labute approximate surface area is 186 Å². The van der Waals surface area contributed by atoms with Gasteiger partial charge in [0, 0.05) is 43.8 Å². The molecular weight excluding hydrogens is 424 g/mol. The van der Waals surface area contributed by atoms with Gasteiger partial charge < -0.3 is 24.8 Å². The molecule has 2 saturated heterocycles. The van der Waals surface area contributed by atoms with Gasteiger partial charge in [0.25, 0.3) is 0 Å². The van der Waals surface area contributed by atoms with Crippen molar-refractivity contribution in [1.82, 2.24) is 20.0 Å². The number of carbonyl (C=O) groups is 4. The van der Waals surface area contributed by atoms with Crippen LogP contribution in [-0.4, -0.2) is 83.9 Å². The van der Waals surface area contributed by atoms with Gasteiger partial charge in [-0.25, -0.2) is 4.79 Å². The molecule has 31 heavy (non-hydrogen) atoms. The van der Waals surface area contributed by atoms with E-state index in [4.69, 9.17) is 16.3 Å². The van der Waals surface area contributed by atoms with Gasteiger partial charge in [-0.05, 0) is 37.5 Å². The van der Waals surface area contributed by atoms with Crippen molar-refractivity contribution in [2.75, 3.05) is 39.3 Å². The number of carbonyl (C=O) groups excluding carboxylic acids is 4. The van der Waals surface area contributed by atoms with E-state index >= 15 is 0 Å². The number of hydrogen-bond donors (Lipinski definition) is 1. The second-order valence-corrected chi connectivity index (χ2v) is 8.04. The first-order valence-corrected chi connectivity index (χ1v) is 10.8. The third-order valence-corrected chi connectivity index (χ3v) is 5.66. The molecule has 2 aliphatic rings. The number of likely N-dealkylation sites (tertiary alicyclic amines) is 1. The third kappa shape index (κ3) is 6.10. The second-order valence-electron chi connectivity index (χ2n) is 7.61. The summed E-state index contributed by atoms with van der Waals surface area (Å²) in [7, 11) is 0. The molecule has 0 spiro atoms. The predicted octanol–water partition coefficient (Wildman–Crippen LogP) is 1.25. The van der Waals surface area contributed by atoms with Gasteiger partial charge in [-0.2, -0.15) is 0 Å². The normalized spacial score (nSPS) is 17.7. The van der Waals surface area contributed by atoms with Crippen molar-refractivity contribution < 1.29 is 23.9 Å². The molecular formula is C21H27ClN4O5. The molecule has 1 aromatic rings. The summed E-state index contributed by atoms with van der Waals surface area (Å²) in [5.74, 6) is -1.59. The molecule has 2 fully saturated rings. The Hall–Kier alpha value is -2.81. The van der Waals surface area contributed by atoms with Crippen molar-refractivity contribution in [3.8, 4) is 0 Å². The predicted molar refractivity (Wildman–Crippen MR) is 113 cm³/mol. The summed E-state index contributed by atoms with van der Waals surface area (Å²) in [4.78, 5) is 53.5. The third-order valence-electron chi connectivity index (χ3n) is 5.40. The highest BCUT2D eigenvalue weighted by Gasteiger charge is 2.34. The van der Waals surface area contributed by atoms with E-state index in [1.807, 2.05) is 12.1 Å². The van der Waals surface area contributed by atoms with Crippen molar-refractivity contribution in [3.63, 3.8) is 0 Å². The molecule has 0 saturated carbocycles. The molecule has 0 unspecified atom stereocenters. The van der Waals surface area contributed by atoms with Crippen molar-refractivity contribution in [2.24, 2.45) is 0 Å². The van der Waals surface area contributed by atoms with Crippen molar-refractivity contribution in [3.05, 3.63) is 34.9 Å². The number of piperazine rings is 1. The molecule has 0 bridgehead atoms. The zero-order valence-electron chi connectivity index (χ0n) is 17.5. The average molecular weight is 451 g/mol. The number of piperidine rings is 1. The monoisotopic (exact) mass is 450 g/mol. The molecule has 0 aliphatic carbocycles. The van der Waals surface area contributed by atoms with E-state index in [9.17, 15) is 19.2 Å². The Morgan fingerprint density at radius 1 is 1.03 bits per heavy atom. The van der Waals surface area contributed by atoms with E-state index in [-0.39, 0.29) is 24.6 Å². The Morgan fingerprint density at radius 2 is 1.65 bits per heavy atom. The SMILES string of the molecule is CCOC(=O)N1CCC(NC(=O)CN2CCN(Cc3ccc(Cl)cc3)C(=O)C2=O)CC1. The van der Waals surface area contributed by atoms with Crippen LogP contribution in [0.5, 0.6) is 0 Å². The molecule has 0 atom stereocenters. The summed E-state index contributed by atoms with van der Waals surface area (Å²) >= 11 is 5.88. The summed E-state index contributed by atoms with van der Waals surface area (Å²) in [5, 5.41) is 3.51. The first-order valence-electron chi connectivity index (χ1n) is 10.4. The number of nitrogens with zero attached hydrogens (tertiary/aromatic N) is 3. The fraction of sp³-hybridized carbons (Fsp3) is 0.524. The number of benzene rings is 1. The minimum Gasteiger partial charge on any atom is -0.450 e. The molecule has 1 N–H and O–H groups in total. The Kier molecular flexibility index (Phi) is 7.73. The maximum Gasteiger partial charge on any atom is 0.409 e. The molecule has 1 aromatic carbocycles. The van der Waals surface area contributed by atoms with Crippen molar-refractivity contribution in [1.29, 1.82) is 0 Å². The van der Waals surface area contributed by atoms with Gasteiger partial charge in [0.05, 0.1) is 6.61 Å². The summed E-state index contributed by atoms with van der Waals surface area (Å²) in [6.07, 6.45) is 0.895. The van der Waals surface area contributed by atoms with Gasteiger partial charge in [-0.15, -0.1) is 0 Å². The van der Waals surface area contributed by atoms with Crippen LogP contribution in [0, 0.1) is 0 Å². The van der Waals surface area contributed by atoms with E-state index in [2.05, 4.69) is 5.32 Å². The number of hydrogen-bond acceptors (Lipinski definition) is 5. The van der Waals surface area contributed by atoms with Crippen molar-refractivity contribution in [2.45, 2.75) is 32.4 Å². The van der Waals surface area contributed by atoms with E-state index in [0.717, 1.165) is 5.56 Å². The van der Waals surface area contributed by atoms with Crippen LogP contribution in [0.4, 0.5) is 4.79 Å². The van der Waals surface area contributed by atoms with Crippen LogP contribution in [0.2, 0.25) is 5.02 Å². The molecule has 4 amide bonds. The number of nitrogens with one attached hydrogen (secondary N) is 1. The van der Waals surface area contributed by atoms with Crippen LogP contribution in [0.15, 0.2) is 24.3 Å². The topological polar surface area (TPSA) is 99.3 Å².